The van der Waals surface area contributed by atoms with Crippen LogP contribution in [0.4, 0.5) is 5.69 Å². The van der Waals surface area contributed by atoms with Gasteiger partial charge in [0.25, 0.3) is 14.2 Å². The van der Waals surface area contributed by atoms with E-state index in [9.17, 15) is 4.79 Å². The number of aryl methyl sites for hydroxylation is 1. The molecule has 7 rings (SSSR count). The van der Waals surface area contributed by atoms with Crippen LogP contribution in [0.15, 0.2) is 78.9 Å². The minimum Gasteiger partial charge on any atom is -0.402 e. The van der Waals surface area contributed by atoms with Crippen molar-refractivity contribution in [1.82, 2.24) is 14.7 Å². The number of amides is 1. The number of rotatable bonds is 9. The molecular weight excluding hydrogens is 661 g/mol. The molecule has 1 aromatic heterocycles. The molecule has 0 radical (unpaired) electrons. The van der Waals surface area contributed by atoms with Crippen LogP contribution in [0, 0.1) is 19.8 Å². The summed E-state index contributed by atoms with van der Waals surface area (Å²) in [7, 11) is -2.87. The molecule has 3 atom stereocenters. The lowest BCUT2D eigenvalue weighted by Crippen LogP contribution is -2.68. The lowest BCUT2D eigenvalue weighted by molar-refractivity contribution is -0.0587. The van der Waals surface area contributed by atoms with Crippen LogP contribution in [0.5, 0.6) is 0 Å². The predicted octanol–water partition coefficient (Wildman–Crippen LogP) is 7.10. The Kier molecular flexibility index (Phi) is 10.5. The number of anilines is 1. The van der Waals surface area contributed by atoms with E-state index in [0.717, 1.165) is 50.8 Å². The maximum absolute atomic E-state index is 14.2. The fourth-order valence-electron chi connectivity index (χ4n) is 9.29. The number of carbonyl (C=O) groups excluding carboxylic acids is 1. The van der Waals surface area contributed by atoms with E-state index in [1.54, 1.807) is 0 Å². The van der Waals surface area contributed by atoms with Crippen LogP contribution in [0.2, 0.25) is 5.04 Å². The van der Waals surface area contributed by atoms with E-state index in [-0.39, 0.29) is 29.3 Å². The Morgan fingerprint density at radius 3 is 2.10 bits per heavy atom. The number of piperidine rings is 1. The summed E-state index contributed by atoms with van der Waals surface area (Å²) in [6.45, 7) is 19.5. The first-order chi connectivity index (χ1) is 25.0. The highest BCUT2D eigenvalue weighted by Gasteiger charge is 2.52. The van der Waals surface area contributed by atoms with Crippen molar-refractivity contribution < 1.29 is 14.0 Å². The Morgan fingerprint density at radius 1 is 0.885 bits per heavy atom. The SMILES string of the molecule is Cc1cccc(N2CCC(C(Cn3nc(C(=O)N4C[C@@H](C)O[C@@H](C)C4)c4c3CCC4)O[Si](c3ccccc3)(c3ccccc3)C(C)(C)C)CC2)c1C. The number of morpholine rings is 1. The molecule has 2 aliphatic heterocycles. The monoisotopic (exact) mass is 718 g/mol. The standard InChI is InChI=1S/C44H58N4O3Si/c1-31-16-14-22-39(34(31)4)46-26-24-35(25-27-46)41(51-52(44(5,6)7,36-17-10-8-11-18-36)37-19-12-9-13-20-37)30-48-40-23-15-21-38(40)42(45-48)43(49)47-28-32(2)50-33(3)29-47/h8-14,16-20,22,32-33,35,41H,15,21,23-30H2,1-7H3/t32-,33+,41?. The summed E-state index contributed by atoms with van der Waals surface area (Å²) in [6, 6.07) is 28.7. The third-order valence-electron chi connectivity index (χ3n) is 12.0. The smallest absolute Gasteiger partial charge is 0.274 e. The average molecular weight is 719 g/mol. The van der Waals surface area contributed by atoms with Crippen molar-refractivity contribution >= 4 is 30.3 Å². The average Bonchev–Trinajstić information content (AvgIpc) is 3.75. The molecule has 3 aliphatic rings. The number of fused-ring (bicyclic) bond motifs is 1. The minimum absolute atomic E-state index is 0.0153. The van der Waals surface area contributed by atoms with Crippen LogP contribution in [-0.2, 0) is 28.5 Å². The van der Waals surface area contributed by atoms with Gasteiger partial charge in [-0.2, -0.15) is 5.10 Å². The van der Waals surface area contributed by atoms with Gasteiger partial charge in [-0.15, -0.1) is 0 Å². The first kappa shape index (κ1) is 36.6. The Morgan fingerprint density at radius 2 is 1.50 bits per heavy atom. The van der Waals surface area contributed by atoms with E-state index >= 15 is 0 Å². The Bertz CT molecular complexity index is 1790. The van der Waals surface area contributed by atoms with Crippen molar-refractivity contribution in [3.63, 3.8) is 0 Å². The fourth-order valence-corrected chi connectivity index (χ4v) is 14.0. The molecule has 0 saturated carbocycles. The Balaban J connectivity index is 1.28. The number of hydrogen-bond acceptors (Lipinski definition) is 5. The second-order valence-electron chi connectivity index (χ2n) is 16.6. The number of ether oxygens (including phenoxy) is 1. The zero-order chi connectivity index (χ0) is 36.6. The predicted molar refractivity (Wildman–Crippen MR) is 214 cm³/mol. The van der Waals surface area contributed by atoms with Crippen molar-refractivity contribution in [2.24, 2.45) is 5.92 Å². The number of hydrogen-bond donors (Lipinski definition) is 0. The van der Waals surface area contributed by atoms with E-state index in [1.807, 2.05) is 4.90 Å². The van der Waals surface area contributed by atoms with Crippen LogP contribution in [0.1, 0.15) is 86.8 Å². The van der Waals surface area contributed by atoms with Crippen LogP contribution < -0.4 is 15.3 Å². The molecule has 1 amide bonds. The molecule has 0 N–H and O–H groups in total. The summed E-state index contributed by atoms with van der Waals surface area (Å²) in [5.41, 5.74) is 7.07. The number of aromatic nitrogens is 2. The second-order valence-corrected chi connectivity index (χ2v) is 20.9. The molecule has 2 saturated heterocycles. The second kappa shape index (κ2) is 15.0. The molecule has 2 fully saturated rings. The number of benzene rings is 3. The summed E-state index contributed by atoms with van der Waals surface area (Å²) in [5.74, 6) is 0.384. The maximum Gasteiger partial charge on any atom is 0.274 e. The fraction of sp³-hybridized carbons (Fsp3) is 0.500. The molecule has 0 bridgehead atoms. The number of nitrogens with zero attached hydrogens (tertiary/aromatic N) is 4. The lowest BCUT2D eigenvalue weighted by Gasteiger charge is -2.47. The van der Waals surface area contributed by atoms with Crippen LogP contribution >= 0.6 is 0 Å². The third-order valence-corrected chi connectivity index (χ3v) is 17.1. The van der Waals surface area contributed by atoms with Crippen LogP contribution in [0.25, 0.3) is 0 Å². The van der Waals surface area contributed by atoms with E-state index in [1.165, 1.54) is 32.9 Å². The highest BCUT2D eigenvalue weighted by molar-refractivity contribution is 6.99. The normalized spacial score (nSPS) is 20.6. The van der Waals surface area contributed by atoms with Gasteiger partial charge in [0, 0.05) is 43.1 Å². The highest BCUT2D eigenvalue weighted by Crippen LogP contribution is 2.40. The molecule has 3 heterocycles. The van der Waals surface area contributed by atoms with E-state index in [2.05, 4.69) is 137 Å². The lowest BCUT2D eigenvalue weighted by atomic mass is 9.90. The molecule has 7 nitrogen and oxygen atoms in total. The molecular formula is C44H58N4O3Si. The zero-order valence-corrected chi connectivity index (χ0v) is 33.4. The van der Waals surface area contributed by atoms with Gasteiger partial charge in [-0.05, 0) is 98.3 Å². The molecule has 1 aliphatic carbocycles. The highest BCUT2D eigenvalue weighted by atomic mass is 28.4. The van der Waals surface area contributed by atoms with Crippen LogP contribution in [0.3, 0.4) is 0 Å². The molecule has 4 aromatic rings. The molecule has 0 spiro atoms. The minimum atomic E-state index is -2.87. The van der Waals surface area contributed by atoms with E-state index in [0.29, 0.717) is 31.2 Å². The van der Waals surface area contributed by atoms with Crippen molar-refractivity contribution in [3.05, 3.63) is 107 Å². The Hall–Kier alpha value is -3.72. The van der Waals surface area contributed by atoms with E-state index in [4.69, 9.17) is 14.3 Å². The summed E-state index contributed by atoms with van der Waals surface area (Å²) in [6.07, 6.45) is 4.93. The molecule has 1 unspecified atom stereocenters. The van der Waals surface area contributed by atoms with Crippen molar-refractivity contribution in [3.8, 4) is 0 Å². The van der Waals surface area contributed by atoms with Crippen molar-refractivity contribution in [1.29, 1.82) is 0 Å². The van der Waals surface area contributed by atoms with Gasteiger partial charge < -0.3 is 19.0 Å². The molecule has 276 valence electrons. The number of carbonyl (C=O) groups is 1. The van der Waals surface area contributed by atoms with Crippen LogP contribution in [-0.4, -0.2) is 73.4 Å². The van der Waals surface area contributed by atoms with Gasteiger partial charge in [0.1, 0.15) is 0 Å². The zero-order valence-electron chi connectivity index (χ0n) is 32.4. The quantitative estimate of drug-likeness (QED) is 0.173. The summed E-state index contributed by atoms with van der Waals surface area (Å²) < 4.78 is 16.2. The van der Waals surface area contributed by atoms with E-state index < -0.39 is 8.32 Å². The molecule has 3 aromatic carbocycles. The third kappa shape index (κ3) is 7.02. The molecule has 8 heteroatoms. The largest absolute Gasteiger partial charge is 0.402 e. The Labute approximate surface area is 312 Å². The topological polar surface area (TPSA) is 59.8 Å². The summed E-state index contributed by atoms with van der Waals surface area (Å²) >= 11 is 0. The van der Waals surface area contributed by atoms with Gasteiger partial charge >= 0.3 is 0 Å². The van der Waals surface area contributed by atoms with Gasteiger partial charge in [0.2, 0.25) is 0 Å². The first-order valence-corrected chi connectivity index (χ1v) is 21.5. The van der Waals surface area contributed by atoms with Crippen molar-refractivity contribution in [2.75, 3.05) is 31.1 Å². The van der Waals surface area contributed by atoms with Gasteiger partial charge in [0.05, 0.1) is 24.9 Å². The van der Waals surface area contributed by atoms with Gasteiger partial charge in [0.15, 0.2) is 5.69 Å². The van der Waals surface area contributed by atoms with Gasteiger partial charge in [-0.3, -0.25) is 9.48 Å². The first-order valence-electron chi connectivity index (χ1n) is 19.6. The van der Waals surface area contributed by atoms with Crippen molar-refractivity contribution in [2.45, 2.75) is 110 Å². The van der Waals surface area contributed by atoms with Gasteiger partial charge in [-0.1, -0.05) is 93.6 Å². The van der Waals surface area contributed by atoms with Gasteiger partial charge in [-0.25, -0.2) is 0 Å². The maximum atomic E-state index is 14.2. The molecule has 52 heavy (non-hydrogen) atoms. The summed E-state index contributed by atoms with van der Waals surface area (Å²) in [5, 5.41) is 7.66. The summed E-state index contributed by atoms with van der Waals surface area (Å²) in [4.78, 5) is 18.7.